The highest BCUT2D eigenvalue weighted by Crippen LogP contribution is 2.33. The quantitative estimate of drug-likeness (QED) is 0.166. The molecule has 0 saturated heterocycles. The largest absolute Gasteiger partial charge is 0.464 e. The van der Waals surface area contributed by atoms with Gasteiger partial charge in [0.25, 0.3) is 17.5 Å². The van der Waals surface area contributed by atoms with E-state index in [1.165, 1.54) is 29.2 Å². The molecule has 0 bridgehead atoms. The summed E-state index contributed by atoms with van der Waals surface area (Å²) in [6.07, 6.45) is 12.6. The van der Waals surface area contributed by atoms with Gasteiger partial charge in [0, 0.05) is 35.2 Å². The molecule has 0 N–H and O–H groups in total. The summed E-state index contributed by atoms with van der Waals surface area (Å²) in [6, 6.07) is 6.32. The first-order valence-corrected chi connectivity index (χ1v) is 12.4. The van der Waals surface area contributed by atoms with E-state index in [-0.39, 0.29) is 36.4 Å². The third kappa shape index (κ3) is 6.00. The lowest BCUT2D eigenvalue weighted by Gasteiger charge is -2.30. The molecule has 0 fully saturated rings. The van der Waals surface area contributed by atoms with Crippen LogP contribution in [0.1, 0.15) is 34.1 Å². The molecule has 2 aromatic rings. The normalized spacial score (nSPS) is 15.7. The molecule has 206 valence electrons. The second-order valence-corrected chi connectivity index (χ2v) is 8.67. The number of ether oxygens (including phenoxy) is 2. The Morgan fingerprint density at radius 2 is 1.93 bits per heavy atom. The highest BCUT2D eigenvalue weighted by atomic mass is 16.6. The number of terminal acetylenes is 1. The molecular formula is C30H23N3O8. The van der Waals surface area contributed by atoms with Gasteiger partial charge in [-0.05, 0) is 42.7 Å². The zero-order valence-corrected chi connectivity index (χ0v) is 21.9. The summed E-state index contributed by atoms with van der Waals surface area (Å²) in [7, 11) is 0. The number of esters is 1. The summed E-state index contributed by atoms with van der Waals surface area (Å²) in [4.78, 5) is 64.4. The minimum atomic E-state index is -0.877. The van der Waals surface area contributed by atoms with Crippen LogP contribution in [0.3, 0.4) is 0 Å². The maximum atomic E-state index is 13.2. The number of carbonyl (C=O) groups excluding carboxylic acids is 4. The molecule has 41 heavy (non-hydrogen) atoms. The van der Waals surface area contributed by atoms with E-state index in [0.29, 0.717) is 21.4 Å². The van der Waals surface area contributed by atoms with Gasteiger partial charge in [-0.1, -0.05) is 36.0 Å². The fourth-order valence-corrected chi connectivity index (χ4v) is 4.42. The van der Waals surface area contributed by atoms with Crippen LogP contribution in [0, 0.1) is 34.3 Å². The topological polar surface area (TPSA) is 136 Å². The number of hydrogen-bond donors (Lipinski definition) is 0. The Kier molecular flexibility index (Phi) is 8.60. The van der Waals surface area contributed by atoms with Crippen molar-refractivity contribution < 1.29 is 33.6 Å². The minimum absolute atomic E-state index is 0.0503. The van der Waals surface area contributed by atoms with Crippen molar-refractivity contribution in [1.29, 1.82) is 0 Å². The standard InChI is InChI=1S/C30H23N3O8/c1-3-5-6-7-11-21-12-9-13-22(32(21)30(37)40-4-2)15-16-41-26(34)19-31-28(35)24-14-8-10-20-17-23(33(38)39)18-25(27(20)24)29(31)36/h1,5-6,8-10,12-14,17-18,21H,4,15-16,19H2,2H3/b6-5-. The van der Waals surface area contributed by atoms with E-state index in [1.807, 2.05) is 0 Å². The van der Waals surface area contributed by atoms with E-state index in [9.17, 15) is 29.3 Å². The van der Waals surface area contributed by atoms with Crippen molar-refractivity contribution in [2.75, 3.05) is 19.8 Å². The minimum Gasteiger partial charge on any atom is -0.464 e. The second-order valence-electron chi connectivity index (χ2n) is 8.67. The van der Waals surface area contributed by atoms with E-state index in [1.54, 1.807) is 37.3 Å². The second kappa shape index (κ2) is 12.5. The van der Waals surface area contributed by atoms with Crippen LogP contribution < -0.4 is 0 Å². The number of nitrogens with zero attached hydrogens (tertiary/aromatic N) is 3. The molecule has 2 aliphatic heterocycles. The van der Waals surface area contributed by atoms with Gasteiger partial charge in [-0.15, -0.1) is 6.42 Å². The van der Waals surface area contributed by atoms with Crippen LogP contribution in [0.25, 0.3) is 10.8 Å². The Labute approximate surface area is 234 Å². The molecule has 0 spiro atoms. The Morgan fingerprint density at radius 3 is 2.66 bits per heavy atom. The summed E-state index contributed by atoms with van der Waals surface area (Å²) in [5, 5.41) is 12.0. The van der Waals surface area contributed by atoms with Crippen LogP contribution in [-0.4, -0.2) is 64.4 Å². The van der Waals surface area contributed by atoms with Crippen LogP contribution in [0.15, 0.2) is 66.4 Å². The van der Waals surface area contributed by atoms with Crippen molar-refractivity contribution >= 4 is 40.3 Å². The first kappa shape index (κ1) is 28.3. The van der Waals surface area contributed by atoms with Gasteiger partial charge in [0.05, 0.1) is 23.7 Å². The number of hydrogen-bond acceptors (Lipinski definition) is 8. The fraction of sp³-hybridized carbons (Fsp3) is 0.200. The molecule has 2 aromatic carbocycles. The predicted molar refractivity (Wildman–Crippen MR) is 147 cm³/mol. The number of allylic oxidation sites excluding steroid dienone is 4. The third-order valence-electron chi connectivity index (χ3n) is 6.16. The van der Waals surface area contributed by atoms with E-state index in [0.717, 1.165) is 6.07 Å². The Hall–Kier alpha value is -5.68. The molecule has 1 unspecified atom stereocenters. The van der Waals surface area contributed by atoms with E-state index < -0.39 is 41.4 Å². The van der Waals surface area contributed by atoms with E-state index >= 15 is 0 Å². The zero-order chi connectivity index (χ0) is 29.5. The lowest BCUT2D eigenvalue weighted by Crippen LogP contribution is -2.44. The molecule has 0 radical (unpaired) electrons. The molecular weight excluding hydrogens is 530 g/mol. The maximum Gasteiger partial charge on any atom is 0.415 e. The van der Waals surface area contributed by atoms with Crippen molar-refractivity contribution in [2.45, 2.75) is 19.4 Å². The zero-order valence-electron chi connectivity index (χ0n) is 21.9. The molecule has 4 rings (SSSR count). The Bertz CT molecular complexity index is 1650. The maximum absolute atomic E-state index is 13.2. The van der Waals surface area contributed by atoms with Gasteiger partial charge in [0.2, 0.25) is 0 Å². The molecule has 3 amide bonds. The molecule has 0 aromatic heterocycles. The molecule has 2 heterocycles. The van der Waals surface area contributed by atoms with Crippen LogP contribution in [0.5, 0.6) is 0 Å². The Morgan fingerprint density at radius 1 is 1.15 bits per heavy atom. The van der Waals surface area contributed by atoms with Crippen molar-refractivity contribution in [3.63, 3.8) is 0 Å². The summed E-state index contributed by atoms with van der Waals surface area (Å²) >= 11 is 0. The van der Waals surface area contributed by atoms with Crippen LogP contribution in [0.4, 0.5) is 10.5 Å². The lowest BCUT2D eigenvalue weighted by atomic mass is 9.93. The van der Waals surface area contributed by atoms with Gasteiger partial charge >= 0.3 is 12.1 Å². The SMILES string of the molecule is C#C/C=C\C#CC1C=CC=C(CCOC(=O)CN2C(=O)c3cccc4cc([N+](=O)[O-])cc(c34)C2=O)N1C(=O)OCC. The van der Waals surface area contributed by atoms with Gasteiger partial charge in [0.1, 0.15) is 12.6 Å². The summed E-state index contributed by atoms with van der Waals surface area (Å²) in [6.45, 7) is 0.918. The average molecular weight is 554 g/mol. The number of imide groups is 1. The highest BCUT2D eigenvalue weighted by Gasteiger charge is 2.36. The molecule has 0 saturated carbocycles. The third-order valence-corrected chi connectivity index (χ3v) is 6.16. The van der Waals surface area contributed by atoms with Gasteiger partial charge in [-0.2, -0.15) is 0 Å². The van der Waals surface area contributed by atoms with Crippen LogP contribution >= 0.6 is 0 Å². The van der Waals surface area contributed by atoms with Crippen molar-refractivity contribution in [3.8, 4) is 24.2 Å². The van der Waals surface area contributed by atoms with E-state index in [4.69, 9.17) is 15.9 Å². The Balaban J connectivity index is 1.45. The molecule has 11 heteroatoms. The lowest BCUT2D eigenvalue weighted by molar-refractivity contribution is -0.384. The number of carbonyl (C=O) groups is 4. The number of nitro groups is 1. The van der Waals surface area contributed by atoms with Gasteiger partial charge < -0.3 is 9.47 Å². The predicted octanol–water partition coefficient (Wildman–Crippen LogP) is 3.75. The molecule has 2 aliphatic rings. The average Bonchev–Trinajstić information content (AvgIpc) is 2.96. The smallest absolute Gasteiger partial charge is 0.415 e. The fourth-order valence-electron chi connectivity index (χ4n) is 4.42. The molecule has 0 aliphatic carbocycles. The number of nitro benzene ring substituents is 1. The first-order chi connectivity index (χ1) is 19.8. The van der Waals surface area contributed by atoms with Crippen LogP contribution in [0.2, 0.25) is 0 Å². The van der Waals surface area contributed by atoms with E-state index in [2.05, 4.69) is 17.8 Å². The number of non-ortho nitro benzene ring substituents is 1. The van der Waals surface area contributed by atoms with Crippen molar-refractivity contribution in [3.05, 3.63) is 87.7 Å². The monoisotopic (exact) mass is 553 g/mol. The van der Waals surface area contributed by atoms with Crippen LogP contribution in [-0.2, 0) is 14.3 Å². The van der Waals surface area contributed by atoms with Crippen molar-refractivity contribution in [1.82, 2.24) is 9.80 Å². The summed E-state index contributed by atoms with van der Waals surface area (Å²) in [5.41, 5.74) is 0.252. The number of amides is 3. The number of rotatable bonds is 7. The van der Waals surface area contributed by atoms with Gasteiger partial charge in [-0.3, -0.25) is 34.3 Å². The summed E-state index contributed by atoms with van der Waals surface area (Å²) < 4.78 is 10.5. The molecule has 1 atom stereocenters. The van der Waals surface area contributed by atoms with Gasteiger partial charge in [-0.25, -0.2) is 4.79 Å². The van der Waals surface area contributed by atoms with Crippen molar-refractivity contribution in [2.24, 2.45) is 0 Å². The highest BCUT2D eigenvalue weighted by molar-refractivity contribution is 6.26. The number of benzene rings is 2. The molecule has 11 nitrogen and oxygen atoms in total. The first-order valence-electron chi connectivity index (χ1n) is 12.4. The van der Waals surface area contributed by atoms with Gasteiger partial charge in [0.15, 0.2) is 0 Å². The summed E-state index contributed by atoms with van der Waals surface area (Å²) in [5.74, 6) is 5.55.